The van der Waals surface area contributed by atoms with Crippen LogP contribution >= 0.6 is 11.3 Å². The van der Waals surface area contributed by atoms with E-state index in [0.29, 0.717) is 11.6 Å². The number of amides is 1. The molecule has 1 N–H and O–H groups in total. The molecule has 0 atom stereocenters. The first-order chi connectivity index (χ1) is 10.4. The van der Waals surface area contributed by atoms with Crippen LogP contribution in [0.15, 0.2) is 24.3 Å². The molecule has 7 heteroatoms. The number of rotatable bonds is 6. The number of carbonyl (C=O) groups is 1. The van der Waals surface area contributed by atoms with Crippen molar-refractivity contribution in [1.29, 1.82) is 0 Å². The Morgan fingerprint density at radius 1 is 1.32 bits per heavy atom. The van der Waals surface area contributed by atoms with E-state index < -0.39 is 0 Å². The van der Waals surface area contributed by atoms with Gasteiger partial charge < -0.3 is 10.2 Å². The van der Waals surface area contributed by atoms with Gasteiger partial charge in [0.25, 0.3) is 0 Å². The van der Waals surface area contributed by atoms with Crippen molar-refractivity contribution in [2.75, 3.05) is 18.5 Å². The zero-order valence-corrected chi connectivity index (χ0v) is 13.7. The Balaban J connectivity index is 1.95. The molecular formula is C15H19FN4OS. The lowest BCUT2D eigenvalue weighted by Gasteiger charge is -2.15. The Bertz CT molecular complexity index is 627. The van der Waals surface area contributed by atoms with Crippen LogP contribution < -0.4 is 10.2 Å². The maximum Gasteiger partial charge on any atom is 0.239 e. The van der Waals surface area contributed by atoms with Crippen molar-refractivity contribution in [3.05, 3.63) is 40.7 Å². The summed E-state index contributed by atoms with van der Waals surface area (Å²) in [6.07, 6.45) is 0.601. The Labute approximate surface area is 133 Å². The van der Waals surface area contributed by atoms with Gasteiger partial charge in [-0.2, -0.15) is 0 Å². The van der Waals surface area contributed by atoms with E-state index in [1.807, 2.05) is 20.9 Å². The van der Waals surface area contributed by atoms with Crippen molar-refractivity contribution < 1.29 is 9.18 Å². The quantitative estimate of drug-likeness (QED) is 0.886. The maximum atomic E-state index is 12.9. The molecule has 2 rings (SSSR count). The molecule has 22 heavy (non-hydrogen) atoms. The summed E-state index contributed by atoms with van der Waals surface area (Å²) in [6.45, 7) is 4.08. The molecule has 0 bridgehead atoms. The van der Waals surface area contributed by atoms with E-state index in [1.165, 1.54) is 23.5 Å². The minimum Gasteiger partial charge on any atom is -0.352 e. The molecule has 118 valence electrons. The second-order valence-electron chi connectivity index (χ2n) is 5.36. The molecule has 0 aliphatic heterocycles. The number of aromatic nitrogens is 2. The third kappa shape index (κ3) is 4.77. The van der Waals surface area contributed by atoms with Crippen LogP contribution in [0.2, 0.25) is 0 Å². The van der Waals surface area contributed by atoms with E-state index in [9.17, 15) is 9.18 Å². The number of nitrogens with one attached hydrogen (secondary N) is 1. The first-order valence-corrected chi connectivity index (χ1v) is 7.83. The largest absolute Gasteiger partial charge is 0.352 e. The monoisotopic (exact) mass is 322 g/mol. The number of nitrogens with zero attached hydrogens (tertiary/aromatic N) is 3. The Kier molecular flexibility index (Phi) is 5.43. The number of likely N-dealkylation sites (N-methyl/N-ethyl adjacent to an activating group) is 1. The summed E-state index contributed by atoms with van der Waals surface area (Å²) < 4.78 is 12.9. The highest BCUT2D eigenvalue weighted by Crippen LogP contribution is 2.21. The molecule has 0 fully saturated rings. The second-order valence-corrected chi connectivity index (χ2v) is 6.40. The number of carbonyl (C=O) groups excluding carboxylic acids is 1. The molecule has 0 aliphatic rings. The Morgan fingerprint density at radius 3 is 2.64 bits per heavy atom. The molecule has 0 spiro atoms. The van der Waals surface area contributed by atoms with Crippen molar-refractivity contribution in [2.45, 2.75) is 26.3 Å². The van der Waals surface area contributed by atoms with Crippen molar-refractivity contribution >= 4 is 22.4 Å². The summed E-state index contributed by atoms with van der Waals surface area (Å²) in [5, 5.41) is 12.6. The standard InChI is InChI=1S/C15H19FN4OS/c1-10(2)17-13(21)9-20(3)15-19-18-14(22-15)8-11-4-6-12(16)7-5-11/h4-7,10H,8-9H2,1-3H3,(H,17,21). The zero-order chi connectivity index (χ0) is 16.1. The minimum atomic E-state index is -0.252. The smallest absolute Gasteiger partial charge is 0.239 e. The second kappa shape index (κ2) is 7.31. The van der Waals surface area contributed by atoms with Crippen LogP contribution in [0.4, 0.5) is 9.52 Å². The van der Waals surface area contributed by atoms with Crippen LogP contribution in [0, 0.1) is 5.82 Å². The average molecular weight is 322 g/mol. The van der Waals surface area contributed by atoms with Crippen molar-refractivity contribution in [1.82, 2.24) is 15.5 Å². The summed E-state index contributed by atoms with van der Waals surface area (Å²) in [5.74, 6) is -0.301. The summed E-state index contributed by atoms with van der Waals surface area (Å²) in [4.78, 5) is 13.5. The number of hydrogen-bond donors (Lipinski definition) is 1. The SMILES string of the molecule is CC(C)NC(=O)CN(C)c1nnc(Cc2ccc(F)cc2)s1. The molecule has 0 saturated carbocycles. The number of anilines is 1. The van der Waals surface area contributed by atoms with Gasteiger partial charge in [-0.05, 0) is 31.5 Å². The zero-order valence-electron chi connectivity index (χ0n) is 12.8. The van der Waals surface area contributed by atoms with Gasteiger partial charge in [0, 0.05) is 19.5 Å². The van der Waals surface area contributed by atoms with E-state index in [0.717, 1.165) is 10.6 Å². The highest BCUT2D eigenvalue weighted by molar-refractivity contribution is 7.15. The first kappa shape index (κ1) is 16.4. The number of benzene rings is 1. The molecule has 1 amide bonds. The van der Waals surface area contributed by atoms with E-state index in [4.69, 9.17) is 0 Å². The van der Waals surface area contributed by atoms with Crippen LogP contribution in [-0.4, -0.2) is 35.7 Å². The molecule has 0 radical (unpaired) electrons. The highest BCUT2D eigenvalue weighted by atomic mass is 32.1. The van der Waals surface area contributed by atoms with Crippen molar-refractivity contribution in [3.63, 3.8) is 0 Å². The summed E-state index contributed by atoms with van der Waals surface area (Å²) in [5.41, 5.74) is 0.976. The predicted molar refractivity (Wildman–Crippen MR) is 85.7 cm³/mol. The van der Waals surface area contributed by atoms with E-state index in [1.54, 1.807) is 17.0 Å². The van der Waals surface area contributed by atoms with Crippen LogP contribution in [-0.2, 0) is 11.2 Å². The normalized spacial score (nSPS) is 10.8. The lowest BCUT2D eigenvalue weighted by atomic mass is 10.2. The fraction of sp³-hybridized carbons (Fsp3) is 0.400. The fourth-order valence-corrected chi connectivity index (χ4v) is 2.73. The van der Waals surface area contributed by atoms with E-state index in [-0.39, 0.29) is 24.3 Å². The third-order valence-corrected chi connectivity index (χ3v) is 3.92. The van der Waals surface area contributed by atoms with E-state index in [2.05, 4.69) is 15.5 Å². The highest BCUT2D eigenvalue weighted by Gasteiger charge is 2.13. The Hall–Kier alpha value is -2.02. The summed E-state index contributed by atoms with van der Waals surface area (Å²) >= 11 is 1.43. The van der Waals surface area contributed by atoms with Gasteiger partial charge in [-0.1, -0.05) is 23.5 Å². The molecule has 1 aromatic heterocycles. The van der Waals surface area contributed by atoms with Gasteiger partial charge in [0.05, 0.1) is 6.54 Å². The van der Waals surface area contributed by atoms with Crippen LogP contribution in [0.25, 0.3) is 0 Å². The van der Waals surface area contributed by atoms with Gasteiger partial charge in [0.1, 0.15) is 10.8 Å². The first-order valence-electron chi connectivity index (χ1n) is 7.01. The molecule has 2 aromatic rings. The minimum absolute atomic E-state index is 0.0483. The van der Waals surface area contributed by atoms with Crippen molar-refractivity contribution in [2.24, 2.45) is 0 Å². The van der Waals surface area contributed by atoms with Gasteiger partial charge in [0.15, 0.2) is 0 Å². The van der Waals surface area contributed by atoms with Gasteiger partial charge >= 0.3 is 0 Å². The van der Waals surface area contributed by atoms with Gasteiger partial charge in [-0.25, -0.2) is 4.39 Å². The lowest BCUT2D eigenvalue weighted by Crippen LogP contribution is -2.38. The molecule has 1 heterocycles. The molecule has 0 unspecified atom stereocenters. The van der Waals surface area contributed by atoms with Gasteiger partial charge in [-0.3, -0.25) is 4.79 Å². The molecule has 5 nitrogen and oxygen atoms in total. The van der Waals surface area contributed by atoms with Crippen molar-refractivity contribution in [3.8, 4) is 0 Å². The van der Waals surface area contributed by atoms with Gasteiger partial charge in [0.2, 0.25) is 11.0 Å². The molecule has 1 aromatic carbocycles. The Morgan fingerprint density at radius 2 is 2.00 bits per heavy atom. The lowest BCUT2D eigenvalue weighted by molar-refractivity contribution is -0.120. The summed E-state index contributed by atoms with van der Waals surface area (Å²) in [7, 11) is 1.81. The summed E-state index contributed by atoms with van der Waals surface area (Å²) in [6, 6.07) is 6.44. The average Bonchev–Trinajstić information content (AvgIpc) is 2.89. The fourth-order valence-electron chi connectivity index (χ4n) is 1.90. The predicted octanol–water partition coefficient (Wildman–Crippen LogP) is 2.23. The third-order valence-electron chi connectivity index (χ3n) is 2.88. The van der Waals surface area contributed by atoms with Crippen LogP contribution in [0.1, 0.15) is 24.4 Å². The van der Waals surface area contributed by atoms with Gasteiger partial charge in [-0.15, -0.1) is 10.2 Å². The molecule has 0 aliphatic carbocycles. The topological polar surface area (TPSA) is 58.1 Å². The molecule has 0 saturated heterocycles. The number of halogens is 1. The van der Waals surface area contributed by atoms with Crippen LogP contribution in [0.5, 0.6) is 0 Å². The van der Waals surface area contributed by atoms with E-state index >= 15 is 0 Å². The van der Waals surface area contributed by atoms with Crippen LogP contribution in [0.3, 0.4) is 0 Å². The molecular weight excluding hydrogens is 303 g/mol. The number of hydrogen-bond acceptors (Lipinski definition) is 5. The maximum absolute atomic E-state index is 12.9.